The van der Waals surface area contributed by atoms with Crippen molar-refractivity contribution in [3.05, 3.63) is 29.8 Å². The Morgan fingerprint density at radius 1 is 1.14 bits per heavy atom. The molecule has 0 radical (unpaired) electrons. The van der Waals surface area contributed by atoms with Crippen LogP contribution in [0.25, 0.3) is 0 Å². The molecule has 2 nitrogen and oxygen atoms in total. The monoisotopic (exact) mass is 286 g/mol. The summed E-state index contributed by atoms with van der Waals surface area (Å²) in [7, 11) is 0. The van der Waals surface area contributed by atoms with E-state index < -0.39 is 0 Å². The molecule has 0 aromatic heterocycles. The predicted molar refractivity (Wildman–Crippen MR) is 83.3 cm³/mol. The Bertz CT molecular complexity index is 487. The van der Waals surface area contributed by atoms with Crippen molar-refractivity contribution in [1.29, 1.82) is 0 Å². The summed E-state index contributed by atoms with van der Waals surface area (Å²) in [5.74, 6) is 3.53. The van der Waals surface area contributed by atoms with Gasteiger partial charge in [-0.25, -0.2) is 0 Å². The molecule has 4 bridgehead atoms. The summed E-state index contributed by atoms with van der Waals surface area (Å²) < 4.78 is 5.89. The van der Waals surface area contributed by atoms with Crippen molar-refractivity contribution >= 4 is 0 Å². The maximum atomic E-state index is 10.8. The van der Waals surface area contributed by atoms with Crippen LogP contribution in [0.3, 0.4) is 0 Å². The average Bonchev–Trinajstić information content (AvgIpc) is 2.43. The van der Waals surface area contributed by atoms with Gasteiger partial charge in [0.2, 0.25) is 0 Å². The fourth-order valence-corrected chi connectivity index (χ4v) is 5.64. The number of benzene rings is 1. The highest BCUT2D eigenvalue weighted by Crippen LogP contribution is 2.61. The van der Waals surface area contributed by atoms with Crippen LogP contribution in [-0.4, -0.2) is 17.8 Å². The maximum absolute atomic E-state index is 10.8. The van der Waals surface area contributed by atoms with Crippen LogP contribution in [0.1, 0.15) is 44.1 Å². The van der Waals surface area contributed by atoms with E-state index in [0.29, 0.717) is 6.61 Å². The van der Waals surface area contributed by atoms with Crippen molar-refractivity contribution in [2.75, 3.05) is 6.61 Å². The number of hydrogen-bond acceptors (Lipinski definition) is 2. The number of aliphatic hydroxyl groups is 1. The molecule has 1 unspecified atom stereocenters. The number of ether oxygens (including phenoxy) is 1. The Balaban J connectivity index is 1.44. The molecule has 4 aliphatic rings. The largest absolute Gasteiger partial charge is 0.491 e. The lowest BCUT2D eigenvalue weighted by atomic mass is 9.48. The summed E-state index contributed by atoms with van der Waals surface area (Å²) in [5.41, 5.74) is 1.37. The van der Waals surface area contributed by atoms with E-state index in [2.05, 4.69) is 13.0 Å². The minimum absolute atomic E-state index is 0.165. The Morgan fingerprint density at radius 3 is 2.33 bits per heavy atom. The van der Waals surface area contributed by atoms with E-state index in [-0.39, 0.29) is 11.5 Å². The lowest BCUT2D eigenvalue weighted by Gasteiger charge is -2.58. The van der Waals surface area contributed by atoms with Crippen molar-refractivity contribution in [1.82, 2.24) is 0 Å². The van der Waals surface area contributed by atoms with Gasteiger partial charge < -0.3 is 9.84 Å². The summed E-state index contributed by atoms with van der Waals surface area (Å²) in [6, 6.07) is 8.12. The summed E-state index contributed by atoms with van der Waals surface area (Å²) in [5, 5.41) is 10.8. The molecule has 4 saturated carbocycles. The Hall–Kier alpha value is -1.02. The molecule has 0 saturated heterocycles. The van der Waals surface area contributed by atoms with Gasteiger partial charge in [0.25, 0.3) is 0 Å². The van der Waals surface area contributed by atoms with Crippen LogP contribution in [0.5, 0.6) is 5.75 Å². The van der Waals surface area contributed by atoms with Gasteiger partial charge in [-0.15, -0.1) is 0 Å². The van der Waals surface area contributed by atoms with E-state index in [1.165, 1.54) is 44.1 Å². The van der Waals surface area contributed by atoms with Crippen LogP contribution >= 0.6 is 0 Å². The standard InChI is InChI=1S/C19H26O2/c1-13-3-2-4-17(5-13)21-12-18(20)19-9-14-6-15(10-19)8-16(7-14)11-19/h2-5,14-16,18,20H,6-12H2,1H3. The molecule has 1 N–H and O–H groups in total. The predicted octanol–water partition coefficient (Wildman–Crippen LogP) is 3.95. The van der Waals surface area contributed by atoms with Crippen LogP contribution in [-0.2, 0) is 0 Å². The molecular weight excluding hydrogens is 260 g/mol. The van der Waals surface area contributed by atoms with Gasteiger partial charge in [-0.1, -0.05) is 12.1 Å². The van der Waals surface area contributed by atoms with Gasteiger partial charge in [0.1, 0.15) is 12.4 Å². The molecule has 1 aromatic carbocycles. The molecule has 1 atom stereocenters. The molecule has 4 fully saturated rings. The summed E-state index contributed by atoms with van der Waals surface area (Å²) in [4.78, 5) is 0. The maximum Gasteiger partial charge on any atom is 0.119 e. The lowest BCUT2D eigenvalue weighted by molar-refractivity contribution is -0.129. The normalized spacial score (nSPS) is 38.5. The summed E-state index contributed by atoms with van der Waals surface area (Å²) >= 11 is 0. The highest BCUT2D eigenvalue weighted by atomic mass is 16.5. The van der Waals surface area contributed by atoms with Crippen molar-refractivity contribution in [2.45, 2.75) is 51.6 Å². The Morgan fingerprint density at radius 2 is 1.76 bits per heavy atom. The first-order valence-electron chi connectivity index (χ1n) is 8.50. The second kappa shape index (κ2) is 5.01. The zero-order valence-corrected chi connectivity index (χ0v) is 12.9. The third kappa shape index (κ3) is 2.48. The lowest BCUT2D eigenvalue weighted by Crippen LogP contribution is -2.53. The van der Waals surface area contributed by atoms with Gasteiger partial charge in [-0.3, -0.25) is 0 Å². The number of hydrogen-bond donors (Lipinski definition) is 1. The van der Waals surface area contributed by atoms with Crippen molar-refractivity contribution < 1.29 is 9.84 Å². The van der Waals surface area contributed by atoms with Gasteiger partial charge in [0.05, 0.1) is 6.10 Å². The van der Waals surface area contributed by atoms with E-state index in [0.717, 1.165) is 23.5 Å². The summed E-state index contributed by atoms with van der Waals surface area (Å²) in [6.45, 7) is 2.53. The first-order valence-corrected chi connectivity index (χ1v) is 8.50. The van der Waals surface area contributed by atoms with Crippen LogP contribution in [0, 0.1) is 30.1 Å². The molecule has 21 heavy (non-hydrogen) atoms. The average molecular weight is 286 g/mol. The molecule has 0 spiro atoms. The van der Waals surface area contributed by atoms with Crippen LogP contribution < -0.4 is 4.74 Å². The zero-order valence-electron chi connectivity index (χ0n) is 12.9. The molecule has 114 valence electrons. The van der Waals surface area contributed by atoms with E-state index in [1.54, 1.807) is 0 Å². The van der Waals surface area contributed by atoms with Gasteiger partial charge in [0, 0.05) is 5.41 Å². The minimum Gasteiger partial charge on any atom is -0.491 e. The molecule has 5 rings (SSSR count). The molecule has 1 aromatic rings. The molecule has 0 aliphatic heterocycles. The molecule has 0 amide bonds. The van der Waals surface area contributed by atoms with Crippen LogP contribution in [0.4, 0.5) is 0 Å². The summed E-state index contributed by atoms with van der Waals surface area (Å²) in [6.07, 6.45) is 7.66. The second-order valence-corrected chi connectivity index (χ2v) is 7.92. The van der Waals surface area contributed by atoms with Crippen molar-refractivity contribution in [3.63, 3.8) is 0 Å². The minimum atomic E-state index is -0.300. The quantitative estimate of drug-likeness (QED) is 0.908. The van der Waals surface area contributed by atoms with Crippen molar-refractivity contribution in [3.8, 4) is 5.75 Å². The van der Waals surface area contributed by atoms with E-state index in [9.17, 15) is 5.11 Å². The van der Waals surface area contributed by atoms with Crippen molar-refractivity contribution in [2.24, 2.45) is 23.2 Å². The van der Waals surface area contributed by atoms with E-state index >= 15 is 0 Å². The van der Waals surface area contributed by atoms with Gasteiger partial charge in [-0.05, 0) is 80.9 Å². The molecule has 0 heterocycles. The first kappa shape index (κ1) is 13.6. The van der Waals surface area contributed by atoms with E-state index in [4.69, 9.17) is 4.74 Å². The van der Waals surface area contributed by atoms with Gasteiger partial charge in [0.15, 0.2) is 0 Å². The SMILES string of the molecule is Cc1cccc(OCC(O)C23CC4CC(CC(C4)C2)C3)c1. The number of rotatable bonds is 4. The highest BCUT2D eigenvalue weighted by molar-refractivity contribution is 5.27. The van der Waals surface area contributed by atoms with Crippen LogP contribution in [0.15, 0.2) is 24.3 Å². The molecule has 4 aliphatic carbocycles. The third-order valence-corrected chi connectivity index (χ3v) is 6.19. The third-order valence-electron chi connectivity index (χ3n) is 6.19. The smallest absolute Gasteiger partial charge is 0.119 e. The van der Waals surface area contributed by atoms with E-state index in [1.807, 2.05) is 18.2 Å². The van der Waals surface area contributed by atoms with Gasteiger partial charge in [-0.2, -0.15) is 0 Å². The number of aliphatic hydroxyl groups excluding tert-OH is 1. The Kier molecular flexibility index (Phi) is 3.25. The van der Waals surface area contributed by atoms with Crippen LogP contribution in [0.2, 0.25) is 0 Å². The molecular formula is C19H26O2. The zero-order chi connectivity index (χ0) is 14.4. The molecule has 2 heteroatoms. The first-order chi connectivity index (χ1) is 10.1. The Labute approximate surface area is 127 Å². The fourth-order valence-electron chi connectivity index (χ4n) is 5.64. The highest BCUT2D eigenvalue weighted by Gasteiger charge is 2.54. The fraction of sp³-hybridized carbons (Fsp3) is 0.684. The number of aryl methyl sites for hydroxylation is 1. The second-order valence-electron chi connectivity index (χ2n) is 7.92. The topological polar surface area (TPSA) is 29.5 Å². The van der Waals surface area contributed by atoms with Gasteiger partial charge >= 0.3 is 0 Å².